The summed E-state index contributed by atoms with van der Waals surface area (Å²) in [5.41, 5.74) is 0. The van der Waals surface area contributed by atoms with Crippen LogP contribution >= 0.6 is 0 Å². The molecule has 5 heteroatoms. The Morgan fingerprint density at radius 1 is 1.40 bits per heavy atom. The Hall–Kier alpha value is -1.65. The summed E-state index contributed by atoms with van der Waals surface area (Å²) < 4.78 is 0. The van der Waals surface area contributed by atoms with Gasteiger partial charge in [-0.3, -0.25) is 9.78 Å². The SMILES string of the molecule is O=C1NCCCC[C@H]1Nc1cnccn1. The van der Waals surface area contributed by atoms with Crippen molar-refractivity contribution < 1.29 is 4.79 Å². The van der Waals surface area contributed by atoms with Crippen molar-refractivity contribution in [1.29, 1.82) is 0 Å². The van der Waals surface area contributed by atoms with E-state index < -0.39 is 0 Å². The van der Waals surface area contributed by atoms with Crippen LogP contribution in [0.5, 0.6) is 0 Å². The van der Waals surface area contributed by atoms with E-state index in [4.69, 9.17) is 0 Å². The Bertz CT molecular complexity index is 327. The van der Waals surface area contributed by atoms with E-state index in [1.165, 1.54) is 0 Å². The molecular formula is C10H14N4O. The van der Waals surface area contributed by atoms with Crippen molar-refractivity contribution >= 4 is 11.7 Å². The summed E-state index contributed by atoms with van der Waals surface area (Å²) in [7, 11) is 0. The Morgan fingerprint density at radius 3 is 3.13 bits per heavy atom. The molecule has 1 amide bonds. The standard InChI is InChI=1S/C10H14N4O/c15-10-8(3-1-2-4-13-10)14-9-7-11-5-6-12-9/h5-8H,1-4H2,(H,12,14)(H,13,15)/t8-/m1/s1. The molecule has 0 aromatic carbocycles. The molecule has 1 aliphatic rings. The van der Waals surface area contributed by atoms with Gasteiger partial charge in [0.15, 0.2) is 0 Å². The summed E-state index contributed by atoms with van der Waals surface area (Å²) in [6.07, 6.45) is 7.79. The third-order valence-corrected chi connectivity index (χ3v) is 2.42. The monoisotopic (exact) mass is 206 g/mol. The Morgan fingerprint density at radius 2 is 2.33 bits per heavy atom. The Balaban J connectivity index is 2.01. The molecule has 0 radical (unpaired) electrons. The van der Waals surface area contributed by atoms with Crippen molar-refractivity contribution in [2.24, 2.45) is 0 Å². The molecule has 2 rings (SSSR count). The fourth-order valence-corrected chi connectivity index (χ4v) is 1.63. The maximum atomic E-state index is 11.6. The van der Waals surface area contributed by atoms with Crippen LogP contribution in [0.1, 0.15) is 19.3 Å². The lowest BCUT2D eigenvalue weighted by atomic mass is 10.1. The number of rotatable bonds is 2. The number of hydrogen-bond donors (Lipinski definition) is 2. The molecule has 0 aliphatic carbocycles. The Kier molecular flexibility index (Phi) is 3.11. The van der Waals surface area contributed by atoms with Crippen LogP contribution in [0.4, 0.5) is 5.82 Å². The van der Waals surface area contributed by atoms with Gasteiger partial charge < -0.3 is 10.6 Å². The van der Waals surface area contributed by atoms with Gasteiger partial charge >= 0.3 is 0 Å². The van der Waals surface area contributed by atoms with Crippen LogP contribution in [0.3, 0.4) is 0 Å². The second-order valence-corrected chi connectivity index (χ2v) is 3.57. The normalized spacial score (nSPS) is 21.6. The van der Waals surface area contributed by atoms with Crippen LogP contribution in [0, 0.1) is 0 Å². The molecule has 1 saturated heterocycles. The van der Waals surface area contributed by atoms with Crippen molar-refractivity contribution in [3.63, 3.8) is 0 Å². The molecule has 2 heterocycles. The van der Waals surface area contributed by atoms with Gasteiger partial charge in [-0.05, 0) is 19.3 Å². The number of anilines is 1. The summed E-state index contributed by atoms with van der Waals surface area (Å²) in [6.45, 7) is 0.775. The molecular weight excluding hydrogens is 192 g/mol. The van der Waals surface area contributed by atoms with Crippen LogP contribution in [0.25, 0.3) is 0 Å². The fourth-order valence-electron chi connectivity index (χ4n) is 1.63. The summed E-state index contributed by atoms with van der Waals surface area (Å²) in [4.78, 5) is 19.6. The van der Waals surface area contributed by atoms with E-state index in [1.807, 2.05) is 0 Å². The molecule has 1 fully saturated rings. The minimum absolute atomic E-state index is 0.0538. The highest BCUT2D eigenvalue weighted by Crippen LogP contribution is 2.10. The quantitative estimate of drug-likeness (QED) is 0.742. The van der Waals surface area contributed by atoms with Crippen LogP contribution in [-0.4, -0.2) is 28.5 Å². The highest BCUT2D eigenvalue weighted by molar-refractivity contribution is 5.84. The van der Waals surface area contributed by atoms with E-state index in [0.29, 0.717) is 5.82 Å². The molecule has 1 aliphatic heterocycles. The first-order valence-corrected chi connectivity index (χ1v) is 5.16. The molecule has 0 saturated carbocycles. The van der Waals surface area contributed by atoms with E-state index in [2.05, 4.69) is 20.6 Å². The van der Waals surface area contributed by atoms with E-state index >= 15 is 0 Å². The van der Waals surface area contributed by atoms with Crippen LogP contribution < -0.4 is 10.6 Å². The molecule has 15 heavy (non-hydrogen) atoms. The van der Waals surface area contributed by atoms with Crippen LogP contribution in [0.2, 0.25) is 0 Å². The summed E-state index contributed by atoms with van der Waals surface area (Å²) in [5.74, 6) is 0.706. The lowest BCUT2D eigenvalue weighted by molar-refractivity contribution is -0.121. The van der Waals surface area contributed by atoms with E-state index in [9.17, 15) is 4.79 Å². The second-order valence-electron chi connectivity index (χ2n) is 3.57. The van der Waals surface area contributed by atoms with Crippen LogP contribution in [0.15, 0.2) is 18.6 Å². The van der Waals surface area contributed by atoms with Crippen molar-refractivity contribution in [3.8, 4) is 0 Å². The van der Waals surface area contributed by atoms with E-state index in [0.717, 1.165) is 25.8 Å². The maximum Gasteiger partial charge on any atom is 0.242 e. The van der Waals surface area contributed by atoms with Crippen LogP contribution in [-0.2, 0) is 4.79 Å². The number of carbonyl (C=O) groups excluding carboxylic acids is 1. The maximum absolute atomic E-state index is 11.6. The third-order valence-electron chi connectivity index (χ3n) is 2.42. The van der Waals surface area contributed by atoms with Gasteiger partial charge in [-0.1, -0.05) is 0 Å². The molecule has 0 unspecified atom stereocenters. The zero-order valence-corrected chi connectivity index (χ0v) is 8.44. The minimum atomic E-state index is -0.177. The molecule has 1 atom stereocenters. The largest absolute Gasteiger partial charge is 0.357 e. The molecule has 0 spiro atoms. The lowest BCUT2D eigenvalue weighted by Crippen LogP contribution is -2.38. The first-order valence-electron chi connectivity index (χ1n) is 5.16. The highest BCUT2D eigenvalue weighted by Gasteiger charge is 2.20. The number of nitrogens with zero attached hydrogens (tertiary/aromatic N) is 2. The molecule has 1 aromatic heterocycles. The number of nitrogens with one attached hydrogen (secondary N) is 2. The second kappa shape index (κ2) is 4.72. The molecule has 0 bridgehead atoms. The van der Waals surface area contributed by atoms with Gasteiger partial charge in [0.05, 0.1) is 6.20 Å². The average molecular weight is 206 g/mol. The van der Waals surface area contributed by atoms with Gasteiger partial charge in [0.25, 0.3) is 0 Å². The van der Waals surface area contributed by atoms with Gasteiger partial charge in [-0.25, -0.2) is 4.98 Å². The molecule has 1 aromatic rings. The van der Waals surface area contributed by atoms with Crippen molar-refractivity contribution in [1.82, 2.24) is 15.3 Å². The zero-order chi connectivity index (χ0) is 10.5. The molecule has 5 nitrogen and oxygen atoms in total. The average Bonchev–Trinajstić information content (AvgIpc) is 2.46. The Labute approximate surface area is 88.3 Å². The molecule has 2 N–H and O–H groups in total. The summed E-state index contributed by atoms with van der Waals surface area (Å²) in [6, 6.07) is -0.177. The summed E-state index contributed by atoms with van der Waals surface area (Å²) >= 11 is 0. The smallest absolute Gasteiger partial charge is 0.242 e. The fraction of sp³-hybridized carbons (Fsp3) is 0.500. The van der Waals surface area contributed by atoms with Gasteiger partial charge in [-0.15, -0.1) is 0 Å². The predicted octanol–water partition coefficient (Wildman–Crippen LogP) is 0.557. The summed E-state index contributed by atoms with van der Waals surface area (Å²) in [5, 5.41) is 5.95. The predicted molar refractivity (Wildman–Crippen MR) is 56.3 cm³/mol. The van der Waals surface area contributed by atoms with Gasteiger partial charge in [0.1, 0.15) is 11.9 Å². The first-order chi connectivity index (χ1) is 7.36. The van der Waals surface area contributed by atoms with Gasteiger partial charge in [-0.2, -0.15) is 0 Å². The first kappa shape index (κ1) is 9.89. The lowest BCUT2D eigenvalue weighted by Gasteiger charge is -2.14. The van der Waals surface area contributed by atoms with Gasteiger partial charge in [0.2, 0.25) is 5.91 Å². The zero-order valence-electron chi connectivity index (χ0n) is 8.44. The number of hydrogen-bond acceptors (Lipinski definition) is 4. The topological polar surface area (TPSA) is 66.9 Å². The minimum Gasteiger partial charge on any atom is -0.357 e. The van der Waals surface area contributed by atoms with Crippen molar-refractivity contribution in [3.05, 3.63) is 18.6 Å². The number of amides is 1. The van der Waals surface area contributed by atoms with E-state index in [1.54, 1.807) is 18.6 Å². The van der Waals surface area contributed by atoms with Crippen molar-refractivity contribution in [2.45, 2.75) is 25.3 Å². The molecule has 80 valence electrons. The van der Waals surface area contributed by atoms with E-state index in [-0.39, 0.29) is 11.9 Å². The third kappa shape index (κ3) is 2.65. The number of carbonyl (C=O) groups is 1. The van der Waals surface area contributed by atoms with Crippen molar-refractivity contribution in [2.75, 3.05) is 11.9 Å². The highest BCUT2D eigenvalue weighted by atomic mass is 16.2. The van der Waals surface area contributed by atoms with Gasteiger partial charge in [0, 0.05) is 18.9 Å². The number of aromatic nitrogens is 2.